The predicted octanol–water partition coefficient (Wildman–Crippen LogP) is 2.44. The number of nitrogens with zero attached hydrogens (tertiary/aromatic N) is 2. The lowest BCUT2D eigenvalue weighted by Crippen LogP contribution is -2.28. The predicted molar refractivity (Wildman–Crippen MR) is 72.5 cm³/mol. The van der Waals surface area contributed by atoms with Crippen LogP contribution in [0, 0.1) is 5.82 Å². The number of carbonyl (C=O) groups is 1. The number of halogens is 2. The number of rotatable bonds is 5. The van der Waals surface area contributed by atoms with Gasteiger partial charge in [-0.25, -0.2) is 9.37 Å². The summed E-state index contributed by atoms with van der Waals surface area (Å²) >= 11 is 5.82. The average molecular weight is 284 g/mol. The van der Waals surface area contributed by atoms with Gasteiger partial charge in [-0.3, -0.25) is 4.79 Å². The molecule has 0 bridgehead atoms. The maximum absolute atomic E-state index is 13.3. The molecule has 4 nitrogen and oxygen atoms in total. The van der Waals surface area contributed by atoms with Crippen molar-refractivity contribution in [2.45, 2.75) is 25.8 Å². The minimum atomic E-state index is -0.358. The normalized spacial score (nSPS) is 10.9. The Morgan fingerprint density at radius 3 is 3.00 bits per heavy atom. The van der Waals surface area contributed by atoms with E-state index in [4.69, 9.17) is 11.6 Å². The van der Waals surface area contributed by atoms with Gasteiger partial charge in [0.25, 0.3) is 0 Å². The Bertz CT molecular complexity index is 597. The molecule has 0 aliphatic heterocycles. The molecule has 0 atom stereocenters. The fraction of sp³-hybridized carbons (Fsp3) is 0.385. The second-order valence-electron chi connectivity index (χ2n) is 4.23. The summed E-state index contributed by atoms with van der Waals surface area (Å²) in [5, 5.41) is 2.78. The fourth-order valence-electron chi connectivity index (χ4n) is 1.89. The molecule has 102 valence electrons. The summed E-state index contributed by atoms with van der Waals surface area (Å²) in [4.78, 5) is 16.1. The van der Waals surface area contributed by atoms with Crippen molar-refractivity contribution in [2.75, 3.05) is 6.54 Å². The summed E-state index contributed by atoms with van der Waals surface area (Å²) in [5.74, 6) is 0.256. The van der Waals surface area contributed by atoms with Gasteiger partial charge in [-0.05, 0) is 24.6 Å². The molecule has 0 spiro atoms. The molecule has 1 heterocycles. The van der Waals surface area contributed by atoms with E-state index in [1.54, 1.807) is 10.6 Å². The fourth-order valence-corrected chi connectivity index (χ4v) is 2.09. The summed E-state index contributed by atoms with van der Waals surface area (Å²) in [5.41, 5.74) is 1.22. The number of benzene rings is 1. The second-order valence-corrected chi connectivity index (χ2v) is 4.50. The van der Waals surface area contributed by atoms with Gasteiger partial charge < -0.3 is 9.88 Å². The Hall–Kier alpha value is -1.62. The van der Waals surface area contributed by atoms with Crippen LogP contribution in [0.5, 0.6) is 0 Å². The third-order valence-corrected chi connectivity index (χ3v) is 3.02. The Kier molecular flexibility index (Phi) is 4.37. The number of carbonyl (C=O) groups excluding carboxylic acids is 1. The van der Waals surface area contributed by atoms with Gasteiger partial charge in [0.2, 0.25) is 5.91 Å². The minimum absolute atomic E-state index is 0.0992. The van der Waals surface area contributed by atoms with Crippen LogP contribution in [0.2, 0.25) is 0 Å². The maximum Gasteiger partial charge on any atom is 0.240 e. The lowest BCUT2D eigenvalue weighted by atomic mass is 10.3. The van der Waals surface area contributed by atoms with Crippen molar-refractivity contribution >= 4 is 28.5 Å². The molecule has 1 aromatic carbocycles. The largest absolute Gasteiger partial charge is 0.355 e. The highest BCUT2D eigenvalue weighted by molar-refractivity contribution is 6.16. The van der Waals surface area contributed by atoms with E-state index >= 15 is 0 Å². The van der Waals surface area contributed by atoms with Crippen molar-refractivity contribution in [3.05, 3.63) is 29.8 Å². The highest BCUT2D eigenvalue weighted by Gasteiger charge is 2.13. The van der Waals surface area contributed by atoms with Gasteiger partial charge in [-0.2, -0.15) is 0 Å². The number of imidazole rings is 1. The number of hydrogen-bond acceptors (Lipinski definition) is 2. The van der Waals surface area contributed by atoms with Crippen LogP contribution >= 0.6 is 11.6 Å². The van der Waals surface area contributed by atoms with Crippen LogP contribution in [0.15, 0.2) is 18.2 Å². The van der Waals surface area contributed by atoms with Crippen LogP contribution in [0.4, 0.5) is 4.39 Å². The zero-order valence-electron chi connectivity index (χ0n) is 10.6. The van der Waals surface area contributed by atoms with E-state index in [0.717, 1.165) is 6.42 Å². The van der Waals surface area contributed by atoms with Gasteiger partial charge in [-0.15, -0.1) is 11.6 Å². The summed E-state index contributed by atoms with van der Waals surface area (Å²) in [7, 11) is 0. The van der Waals surface area contributed by atoms with Crippen molar-refractivity contribution in [2.24, 2.45) is 0 Å². The standard InChI is InChI=1S/C13H15ClFN3O/c1-2-5-16-13(19)8-18-11-6-9(15)3-4-10(11)17-12(18)7-14/h3-4,6H,2,5,7-8H2,1H3,(H,16,19). The lowest BCUT2D eigenvalue weighted by Gasteiger charge is -2.08. The average Bonchev–Trinajstić information content (AvgIpc) is 2.74. The van der Waals surface area contributed by atoms with Crippen LogP contribution in [-0.2, 0) is 17.2 Å². The molecular weight excluding hydrogens is 269 g/mol. The van der Waals surface area contributed by atoms with Crippen molar-refractivity contribution in [1.29, 1.82) is 0 Å². The van der Waals surface area contributed by atoms with Crippen LogP contribution in [0.1, 0.15) is 19.2 Å². The zero-order chi connectivity index (χ0) is 13.8. The van der Waals surface area contributed by atoms with Crippen molar-refractivity contribution in [3.63, 3.8) is 0 Å². The topological polar surface area (TPSA) is 46.9 Å². The maximum atomic E-state index is 13.3. The number of amides is 1. The molecule has 0 aliphatic rings. The van der Waals surface area contributed by atoms with Crippen LogP contribution < -0.4 is 5.32 Å². The molecule has 0 saturated carbocycles. The third-order valence-electron chi connectivity index (χ3n) is 2.78. The number of fused-ring (bicyclic) bond motifs is 1. The first-order valence-electron chi connectivity index (χ1n) is 6.13. The number of hydrogen-bond donors (Lipinski definition) is 1. The Labute approximate surface area is 115 Å². The molecule has 1 N–H and O–H groups in total. The Morgan fingerprint density at radius 1 is 1.53 bits per heavy atom. The molecule has 0 unspecified atom stereocenters. The number of nitrogens with one attached hydrogen (secondary N) is 1. The summed E-state index contributed by atoms with van der Waals surface area (Å²) < 4.78 is 14.9. The van der Waals surface area contributed by atoms with E-state index in [-0.39, 0.29) is 24.1 Å². The molecule has 1 amide bonds. The van der Waals surface area contributed by atoms with Crippen LogP contribution in [0.3, 0.4) is 0 Å². The zero-order valence-corrected chi connectivity index (χ0v) is 11.4. The molecule has 0 radical (unpaired) electrons. The first-order valence-corrected chi connectivity index (χ1v) is 6.66. The summed E-state index contributed by atoms with van der Waals surface area (Å²) in [6, 6.07) is 4.29. The van der Waals surface area contributed by atoms with Gasteiger partial charge in [0.1, 0.15) is 18.2 Å². The molecule has 1 aromatic heterocycles. The smallest absolute Gasteiger partial charge is 0.240 e. The Morgan fingerprint density at radius 2 is 2.32 bits per heavy atom. The molecule has 2 rings (SSSR count). The van der Waals surface area contributed by atoms with E-state index in [1.807, 2.05) is 6.92 Å². The quantitative estimate of drug-likeness (QED) is 0.857. The Balaban J connectivity index is 2.34. The van der Waals surface area contributed by atoms with E-state index in [9.17, 15) is 9.18 Å². The highest BCUT2D eigenvalue weighted by atomic mass is 35.5. The third kappa shape index (κ3) is 3.04. The molecular formula is C13H15ClFN3O. The molecule has 2 aromatic rings. The molecule has 0 aliphatic carbocycles. The van der Waals surface area contributed by atoms with E-state index in [0.29, 0.717) is 23.4 Å². The molecule has 0 fully saturated rings. The summed E-state index contributed by atoms with van der Waals surface area (Å²) in [6.07, 6.45) is 0.868. The first-order chi connectivity index (χ1) is 9.15. The van der Waals surface area contributed by atoms with Gasteiger partial charge in [-0.1, -0.05) is 6.92 Å². The van der Waals surface area contributed by atoms with E-state index < -0.39 is 0 Å². The SMILES string of the molecule is CCCNC(=O)Cn1c(CCl)nc2ccc(F)cc21. The number of aromatic nitrogens is 2. The monoisotopic (exact) mass is 283 g/mol. The van der Waals surface area contributed by atoms with Gasteiger partial charge in [0.15, 0.2) is 0 Å². The van der Waals surface area contributed by atoms with Crippen LogP contribution in [0.25, 0.3) is 11.0 Å². The molecule has 6 heteroatoms. The highest BCUT2D eigenvalue weighted by Crippen LogP contribution is 2.18. The first kappa shape index (κ1) is 13.8. The molecule has 0 saturated heterocycles. The van der Waals surface area contributed by atoms with Crippen molar-refractivity contribution < 1.29 is 9.18 Å². The second kappa shape index (κ2) is 6.02. The lowest BCUT2D eigenvalue weighted by molar-refractivity contribution is -0.121. The molecule has 19 heavy (non-hydrogen) atoms. The number of alkyl halides is 1. The van der Waals surface area contributed by atoms with Crippen molar-refractivity contribution in [1.82, 2.24) is 14.9 Å². The minimum Gasteiger partial charge on any atom is -0.355 e. The van der Waals surface area contributed by atoms with Gasteiger partial charge >= 0.3 is 0 Å². The van der Waals surface area contributed by atoms with Crippen molar-refractivity contribution in [3.8, 4) is 0 Å². The van der Waals surface area contributed by atoms with Gasteiger partial charge in [0.05, 0.1) is 16.9 Å². The van der Waals surface area contributed by atoms with E-state index in [1.165, 1.54) is 12.1 Å². The van der Waals surface area contributed by atoms with Gasteiger partial charge in [0, 0.05) is 6.54 Å². The summed E-state index contributed by atoms with van der Waals surface area (Å²) in [6.45, 7) is 2.70. The van der Waals surface area contributed by atoms with Crippen LogP contribution in [-0.4, -0.2) is 22.0 Å². The van der Waals surface area contributed by atoms with E-state index in [2.05, 4.69) is 10.3 Å².